The average Bonchev–Trinajstić information content (AvgIpc) is 3.21. The largest absolute Gasteiger partial charge is 1.00 e. The Kier molecular flexibility index (Phi) is 8.08. The summed E-state index contributed by atoms with van der Waals surface area (Å²) in [7, 11) is 0. The van der Waals surface area contributed by atoms with E-state index in [0.717, 1.165) is 22.5 Å². The van der Waals surface area contributed by atoms with Crippen LogP contribution in [0.5, 0.6) is 0 Å². The molecule has 0 aliphatic carbocycles. The van der Waals surface area contributed by atoms with Gasteiger partial charge in [-0.15, -0.1) is 11.4 Å². The zero-order valence-corrected chi connectivity index (χ0v) is 17.1. The summed E-state index contributed by atoms with van der Waals surface area (Å²) in [6.45, 7) is 0. The fourth-order valence-electron chi connectivity index (χ4n) is 2.48. The van der Waals surface area contributed by atoms with Gasteiger partial charge in [-0.25, -0.2) is 4.79 Å². The van der Waals surface area contributed by atoms with Crippen LogP contribution in [0.4, 0.5) is 0 Å². The van der Waals surface area contributed by atoms with Gasteiger partial charge in [0.15, 0.2) is 0 Å². The molecule has 1 N–H and O–H groups in total. The van der Waals surface area contributed by atoms with Gasteiger partial charge in [0, 0.05) is 0 Å². The summed E-state index contributed by atoms with van der Waals surface area (Å²) in [6.07, 6.45) is 0. The second-order valence-corrected chi connectivity index (χ2v) is 5.62. The first-order valence-corrected chi connectivity index (χ1v) is 8.27. The van der Waals surface area contributed by atoms with E-state index in [1.165, 1.54) is 0 Å². The third-order valence-corrected chi connectivity index (χ3v) is 3.80. The number of carboxylic acids is 1. The molecule has 0 aliphatic heterocycles. The Morgan fingerprint density at radius 1 is 0.593 bits per heavy atom. The number of aromatic carboxylic acids is 1. The van der Waals surface area contributed by atoms with Crippen molar-refractivity contribution in [2.75, 3.05) is 0 Å². The van der Waals surface area contributed by atoms with Crippen LogP contribution in [0, 0.1) is 0 Å². The van der Waals surface area contributed by atoms with Crippen LogP contribution in [-0.4, -0.2) is 11.1 Å². The molecular formula is C23H18NNaO2. The van der Waals surface area contributed by atoms with Crippen LogP contribution >= 0.6 is 0 Å². The van der Waals surface area contributed by atoms with E-state index in [1.54, 1.807) is 30.3 Å². The molecule has 0 spiro atoms. The van der Waals surface area contributed by atoms with E-state index in [4.69, 9.17) is 5.11 Å². The van der Waals surface area contributed by atoms with E-state index in [9.17, 15) is 4.79 Å². The maximum atomic E-state index is 10.2. The van der Waals surface area contributed by atoms with Crippen LogP contribution in [0.15, 0.2) is 103 Å². The van der Waals surface area contributed by atoms with Crippen molar-refractivity contribution < 1.29 is 39.5 Å². The number of nitrogens with zero attached hydrogens (tertiary/aromatic N) is 1. The van der Waals surface area contributed by atoms with Crippen LogP contribution in [0.2, 0.25) is 0 Å². The van der Waals surface area contributed by atoms with Gasteiger partial charge in [0.25, 0.3) is 0 Å². The summed E-state index contributed by atoms with van der Waals surface area (Å²) in [5.74, 6) is -0.879. The quantitative estimate of drug-likeness (QED) is 0.569. The number of carboxylic acid groups (broad SMARTS) is 1. The number of benzene rings is 3. The van der Waals surface area contributed by atoms with Gasteiger partial charge in [-0.1, -0.05) is 91.0 Å². The Morgan fingerprint density at radius 2 is 0.963 bits per heavy atom. The van der Waals surface area contributed by atoms with Crippen molar-refractivity contribution in [1.82, 2.24) is 4.98 Å². The van der Waals surface area contributed by atoms with Gasteiger partial charge in [-0.05, 0) is 23.3 Å². The van der Waals surface area contributed by atoms with E-state index in [-0.39, 0.29) is 29.6 Å². The molecular weight excluding hydrogens is 345 g/mol. The van der Waals surface area contributed by atoms with Crippen molar-refractivity contribution in [1.29, 1.82) is 0 Å². The molecule has 128 valence electrons. The Morgan fingerprint density at radius 3 is 1.30 bits per heavy atom. The van der Waals surface area contributed by atoms with Crippen molar-refractivity contribution >= 4 is 5.97 Å². The smallest absolute Gasteiger partial charge is 0.657 e. The summed E-state index contributed by atoms with van der Waals surface area (Å²) in [4.78, 5) is 14.9. The van der Waals surface area contributed by atoms with Gasteiger partial charge in [-0.3, -0.25) is 0 Å². The Bertz CT molecular complexity index is 897. The molecule has 4 heteroatoms. The van der Waals surface area contributed by atoms with Gasteiger partial charge in [0.1, 0.15) is 0 Å². The minimum Gasteiger partial charge on any atom is -0.657 e. The SMILES string of the molecule is O=C(O)c1ccccc1.[Na+].c1ccc(-c2ccc(-c3ccccc3)[n-]2)cc1. The molecule has 4 aromatic rings. The summed E-state index contributed by atoms with van der Waals surface area (Å²) in [5.41, 5.74) is 4.72. The van der Waals surface area contributed by atoms with Crippen molar-refractivity contribution in [3.8, 4) is 22.5 Å². The van der Waals surface area contributed by atoms with E-state index in [2.05, 4.69) is 41.4 Å². The van der Waals surface area contributed by atoms with Crippen LogP contribution in [-0.2, 0) is 0 Å². The molecule has 0 unspecified atom stereocenters. The topological polar surface area (TPSA) is 51.4 Å². The van der Waals surface area contributed by atoms with Crippen molar-refractivity contribution in [3.05, 3.63) is 109 Å². The van der Waals surface area contributed by atoms with Gasteiger partial charge in [0.2, 0.25) is 0 Å². The van der Waals surface area contributed by atoms with Crippen molar-refractivity contribution in [3.63, 3.8) is 0 Å². The zero-order valence-electron chi connectivity index (χ0n) is 15.1. The number of carbonyl (C=O) groups is 1. The molecule has 1 heterocycles. The van der Waals surface area contributed by atoms with Crippen LogP contribution in [0.25, 0.3) is 22.5 Å². The second kappa shape index (κ2) is 10.5. The Labute approximate surface area is 181 Å². The van der Waals surface area contributed by atoms with Crippen LogP contribution < -0.4 is 34.5 Å². The number of rotatable bonds is 3. The van der Waals surface area contributed by atoms with E-state index in [1.807, 2.05) is 36.4 Å². The third kappa shape index (κ3) is 5.97. The molecule has 0 saturated heterocycles. The standard InChI is InChI=1S/C16H12N.C7H6O2.Na/c1-3-7-13(8-4-1)15-11-12-16(17-15)14-9-5-2-6-10-14;8-7(9)6-4-2-1-3-5-6;/h1-12H;1-5H,(H,8,9);/q-1;;+1. The normalized spacial score (nSPS) is 9.48. The monoisotopic (exact) mass is 363 g/mol. The zero-order chi connectivity index (χ0) is 18.2. The number of hydrogen-bond donors (Lipinski definition) is 1. The molecule has 0 bridgehead atoms. The molecule has 0 fully saturated rings. The van der Waals surface area contributed by atoms with Gasteiger partial charge < -0.3 is 10.1 Å². The van der Waals surface area contributed by atoms with E-state index < -0.39 is 5.97 Å². The van der Waals surface area contributed by atoms with Crippen LogP contribution in [0.1, 0.15) is 10.4 Å². The summed E-state index contributed by atoms with van der Waals surface area (Å²) in [5, 5.41) is 8.38. The Hall–Kier alpha value is -2.59. The fourth-order valence-corrected chi connectivity index (χ4v) is 2.48. The molecule has 4 rings (SSSR count). The maximum absolute atomic E-state index is 10.2. The minimum atomic E-state index is -0.879. The first-order chi connectivity index (χ1) is 12.7. The second-order valence-electron chi connectivity index (χ2n) is 5.62. The molecule has 0 radical (unpaired) electrons. The summed E-state index contributed by atoms with van der Waals surface area (Å²) < 4.78 is 0. The van der Waals surface area contributed by atoms with E-state index in [0.29, 0.717) is 5.56 Å². The van der Waals surface area contributed by atoms with Gasteiger partial charge in [0.05, 0.1) is 5.56 Å². The third-order valence-electron chi connectivity index (χ3n) is 3.80. The first kappa shape index (κ1) is 20.7. The predicted molar refractivity (Wildman–Crippen MR) is 104 cm³/mol. The molecule has 3 nitrogen and oxygen atoms in total. The summed E-state index contributed by atoms with van der Waals surface area (Å²) >= 11 is 0. The fraction of sp³-hybridized carbons (Fsp3) is 0. The molecule has 1 aromatic heterocycles. The number of hydrogen-bond acceptors (Lipinski definition) is 1. The average molecular weight is 363 g/mol. The molecule has 27 heavy (non-hydrogen) atoms. The van der Waals surface area contributed by atoms with Gasteiger partial charge in [-0.2, -0.15) is 0 Å². The Balaban J connectivity index is 0.000000224. The van der Waals surface area contributed by atoms with Crippen LogP contribution in [0.3, 0.4) is 0 Å². The molecule has 0 atom stereocenters. The summed E-state index contributed by atoms with van der Waals surface area (Å²) in [6, 6.07) is 32.9. The van der Waals surface area contributed by atoms with Crippen molar-refractivity contribution in [2.24, 2.45) is 0 Å². The molecule has 0 aliphatic rings. The maximum Gasteiger partial charge on any atom is 1.00 e. The van der Waals surface area contributed by atoms with E-state index >= 15 is 0 Å². The predicted octanol–water partition coefficient (Wildman–Crippen LogP) is 2.37. The molecule has 0 saturated carbocycles. The number of aromatic nitrogens is 1. The first-order valence-electron chi connectivity index (χ1n) is 8.27. The van der Waals surface area contributed by atoms with Gasteiger partial charge >= 0.3 is 35.5 Å². The molecule has 3 aromatic carbocycles. The van der Waals surface area contributed by atoms with Crippen molar-refractivity contribution in [2.45, 2.75) is 0 Å². The molecule has 0 amide bonds. The minimum absolute atomic E-state index is 0.